The minimum atomic E-state index is -1.26. The zero-order valence-corrected chi connectivity index (χ0v) is 18.8. The maximum absolute atomic E-state index is 13.2. The van der Waals surface area contributed by atoms with Crippen LogP contribution < -0.4 is 0 Å². The minimum Gasteiger partial charge on any atom is -0.392 e. The highest BCUT2D eigenvalue weighted by Gasteiger charge is 2.38. The summed E-state index contributed by atoms with van der Waals surface area (Å²) in [4.78, 5) is 0.783. The van der Waals surface area contributed by atoms with E-state index in [1.165, 1.54) is 5.57 Å². The van der Waals surface area contributed by atoms with Crippen LogP contribution in [0.4, 0.5) is 0 Å². The number of hydrogen-bond donors (Lipinski definition) is 1. The first kappa shape index (κ1) is 23.3. The molecule has 0 aromatic heterocycles. The summed E-state index contributed by atoms with van der Waals surface area (Å²) in [5.74, 6) is -0.456. The van der Waals surface area contributed by atoms with Crippen LogP contribution in [0, 0.1) is 6.92 Å². The number of aliphatic hydroxyl groups is 1. The molecule has 1 aromatic carbocycles. The quantitative estimate of drug-likeness (QED) is 0.559. The molecule has 1 aliphatic heterocycles. The lowest BCUT2D eigenvalue weighted by Gasteiger charge is -2.33. The van der Waals surface area contributed by atoms with Crippen LogP contribution in [0.3, 0.4) is 0 Å². The lowest BCUT2D eigenvalue weighted by Crippen LogP contribution is -2.43. The van der Waals surface area contributed by atoms with Crippen LogP contribution >= 0.6 is 0 Å². The van der Waals surface area contributed by atoms with E-state index in [2.05, 4.69) is 13.0 Å². The van der Waals surface area contributed by atoms with Gasteiger partial charge in [-0.1, -0.05) is 36.3 Å². The van der Waals surface area contributed by atoms with Gasteiger partial charge in [-0.3, -0.25) is 4.21 Å². The molecule has 2 rings (SSSR count). The molecule has 1 saturated heterocycles. The second kappa shape index (κ2) is 10.1. The molecule has 0 amide bonds. The highest BCUT2D eigenvalue weighted by Crippen LogP contribution is 2.31. The summed E-state index contributed by atoms with van der Waals surface area (Å²) < 4.78 is 23.8. The summed E-state index contributed by atoms with van der Waals surface area (Å²) in [5, 5.41) is 10.9. The van der Waals surface area contributed by atoms with E-state index in [1.807, 2.05) is 52.0 Å². The van der Waals surface area contributed by atoms with Crippen LogP contribution in [0.15, 0.2) is 40.8 Å². The predicted molar refractivity (Wildman–Crippen MR) is 115 cm³/mol. The van der Waals surface area contributed by atoms with Crippen molar-refractivity contribution in [1.82, 2.24) is 0 Å². The normalized spacial score (nSPS) is 21.3. The fourth-order valence-electron chi connectivity index (χ4n) is 3.48. The molecule has 0 unspecified atom stereocenters. The van der Waals surface area contributed by atoms with E-state index in [9.17, 15) is 9.32 Å². The van der Waals surface area contributed by atoms with E-state index in [1.54, 1.807) is 0 Å². The monoisotopic (exact) mass is 408 g/mol. The van der Waals surface area contributed by atoms with E-state index in [-0.39, 0.29) is 0 Å². The third kappa shape index (κ3) is 5.99. The third-order valence-corrected chi connectivity index (χ3v) is 7.98. The Balaban J connectivity index is 1.91. The van der Waals surface area contributed by atoms with Crippen molar-refractivity contribution in [3.05, 3.63) is 41.5 Å². The maximum atomic E-state index is 13.2. The molecule has 0 spiro atoms. The Hall–Kier alpha value is -1.01. The van der Waals surface area contributed by atoms with Gasteiger partial charge in [0.25, 0.3) is 0 Å². The average Bonchev–Trinajstić information content (AvgIpc) is 3.11. The molecule has 4 nitrogen and oxygen atoms in total. The zero-order chi connectivity index (χ0) is 20.8. The molecule has 1 N–H and O–H groups in total. The number of aryl methyl sites for hydroxylation is 1. The summed E-state index contributed by atoms with van der Waals surface area (Å²) in [6.45, 7) is 11.4. The summed E-state index contributed by atoms with van der Waals surface area (Å²) in [6.07, 6.45) is 5.35. The van der Waals surface area contributed by atoms with Crippen LogP contribution in [0.25, 0.3) is 0 Å². The second-order valence-electron chi connectivity index (χ2n) is 8.22. The summed E-state index contributed by atoms with van der Waals surface area (Å²) in [7, 11) is -1.26. The van der Waals surface area contributed by atoms with Gasteiger partial charge < -0.3 is 14.6 Å². The highest BCUT2D eigenvalue weighted by atomic mass is 32.2. The molecule has 0 aliphatic carbocycles. The van der Waals surface area contributed by atoms with Crippen LogP contribution in [0.1, 0.15) is 65.4 Å². The largest absolute Gasteiger partial charge is 0.392 e. The Kier molecular flexibility index (Phi) is 8.44. The molecule has 1 heterocycles. The Morgan fingerprint density at radius 2 is 1.93 bits per heavy atom. The number of hydrogen-bond acceptors (Lipinski definition) is 4. The molecule has 28 heavy (non-hydrogen) atoms. The van der Waals surface area contributed by atoms with E-state index >= 15 is 0 Å². The van der Waals surface area contributed by atoms with E-state index in [0.29, 0.717) is 26.1 Å². The zero-order valence-electron chi connectivity index (χ0n) is 18.0. The van der Waals surface area contributed by atoms with Crippen molar-refractivity contribution in [1.29, 1.82) is 0 Å². The van der Waals surface area contributed by atoms with Gasteiger partial charge in [0.2, 0.25) is 0 Å². The molecule has 0 saturated carbocycles. The minimum absolute atomic E-state index is 0.456. The molecule has 1 fully saturated rings. The maximum Gasteiger partial charge on any atom is 0.166 e. The van der Waals surface area contributed by atoms with Crippen molar-refractivity contribution in [3.8, 4) is 0 Å². The molecule has 3 atom stereocenters. The Bertz CT molecular complexity index is 676. The summed E-state index contributed by atoms with van der Waals surface area (Å²) in [6, 6.07) is 7.76. The van der Waals surface area contributed by atoms with Gasteiger partial charge in [-0.05, 0) is 65.5 Å². The lowest BCUT2D eigenvalue weighted by atomic mass is 9.94. The predicted octanol–water partition coefficient (Wildman–Crippen LogP) is 4.90. The van der Waals surface area contributed by atoms with Crippen molar-refractivity contribution in [2.45, 2.75) is 88.3 Å². The SMILES string of the molecule is CC[C@](C)([C@H](O)CC/C(C)=C/CCC1(C)OCCO1)[S@@](=O)c1ccc(C)cc1. The van der Waals surface area contributed by atoms with Gasteiger partial charge in [0.05, 0.1) is 34.9 Å². The number of benzene rings is 1. The molecule has 158 valence electrons. The molecule has 0 bridgehead atoms. The van der Waals surface area contributed by atoms with Gasteiger partial charge in [-0.15, -0.1) is 0 Å². The van der Waals surface area contributed by atoms with Crippen molar-refractivity contribution in [2.24, 2.45) is 0 Å². The number of ether oxygens (including phenoxy) is 2. The van der Waals surface area contributed by atoms with Crippen molar-refractivity contribution in [3.63, 3.8) is 0 Å². The van der Waals surface area contributed by atoms with Crippen molar-refractivity contribution in [2.75, 3.05) is 13.2 Å². The van der Waals surface area contributed by atoms with Crippen molar-refractivity contribution < 1.29 is 18.8 Å². The summed E-state index contributed by atoms with van der Waals surface area (Å²) >= 11 is 0. The highest BCUT2D eigenvalue weighted by molar-refractivity contribution is 7.86. The van der Waals surface area contributed by atoms with Crippen LogP contribution in [0.2, 0.25) is 0 Å². The molecule has 0 radical (unpaired) electrons. The van der Waals surface area contributed by atoms with E-state index in [0.717, 1.165) is 29.7 Å². The van der Waals surface area contributed by atoms with Crippen LogP contribution in [0.5, 0.6) is 0 Å². The molecule has 1 aromatic rings. The average molecular weight is 409 g/mol. The van der Waals surface area contributed by atoms with Crippen LogP contribution in [-0.2, 0) is 20.3 Å². The second-order valence-corrected chi connectivity index (χ2v) is 10.2. The third-order valence-electron chi connectivity index (χ3n) is 5.87. The Morgan fingerprint density at radius 3 is 2.50 bits per heavy atom. The number of rotatable bonds is 10. The van der Waals surface area contributed by atoms with Gasteiger partial charge in [0, 0.05) is 11.3 Å². The Morgan fingerprint density at radius 1 is 1.32 bits per heavy atom. The molecular weight excluding hydrogens is 372 g/mol. The molecule has 1 aliphatic rings. The van der Waals surface area contributed by atoms with Gasteiger partial charge >= 0.3 is 0 Å². The first-order valence-electron chi connectivity index (χ1n) is 10.3. The van der Waals surface area contributed by atoms with Gasteiger partial charge in [-0.2, -0.15) is 0 Å². The van der Waals surface area contributed by atoms with Crippen molar-refractivity contribution >= 4 is 10.8 Å². The molecular formula is C23H36O4S. The fourth-order valence-corrected chi connectivity index (χ4v) is 5.02. The lowest BCUT2D eigenvalue weighted by molar-refractivity contribution is -0.145. The fraction of sp³-hybridized carbons (Fsp3) is 0.652. The van der Waals surface area contributed by atoms with Crippen LogP contribution in [-0.4, -0.2) is 39.2 Å². The Labute approximate surface area is 172 Å². The summed E-state index contributed by atoms with van der Waals surface area (Å²) in [5.41, 5.74) is 2.38. The van der Waals surface area contributed by atoms with Gasteiger partial charge in [-0.25, -0.2) is 0 Å². The van der Waals surface area contributed by atoms with E-state index < -0.39 is 27.4 Å². The first-order chi connectivity index (χ1) is 13.2. The van der Waals surface area contributed by atoms with Gasteiger partial charge in [0.1, 0.15) is 0 Å². The first-order valence-corrected chi connectivity index (χ1v) is 11.5. The molecule has 5 heteroatoms. The smallest absolute Gasteiger partial charge is 0.166 e. The standard InChI is InChI=1S/C23H36O4S/c1-6-22(4,28(25)20-12-9-19(3)10-13-20)21(24)14-11-18(2)8-7-15-23(5)26-16-17-27-23/h8-10,12-13,21,24H,6-7,11,14-17H2,1-5H3/b18-8+/t21-,22-,28+/m1/s1. The van der Waals surface area contributed by atoms with Gasteiger partial charge in [0.15, 0.2) is 5.79 Å². The topological polar surface area (TPSA) is 55.8 Å². The van der Waals surface area contributed by atoms with E-state index in [4.69, 9.17) is 9.47 Å². The number of aliphatic hydroxyl groups excluding tert-OH is 1. The number of allylic oxidation sites excluding steroid dienone is 2.